The normalized spacial score (nSPS) is 26.5. The van der Waals surface area contributed by atoms with Gasteiger partial charge < -0.3 is 4.90 Å². The van der Waals surface area contributed by atoms with E-state index in [4.69, 9.17) is 0 Å². The molecule has 0 aromatic heterocycles. The molecule has 2 atom stereocenters. The minimum atomic E-state index is 0.295. The van der Waals surface area contributed by atoms with E-state index in [-0.39, 0.29) is 0 Å². The molecule has 17 heavy (non-hydrogen) atoms. The molecule has 1 aliphatic heterocycles. The Balaban J connectivity index is 1.65. The molecule has 1 heterocycles. The summed E-state index contributed by atoms with van der Waals surface area (Å²) in [6.07, 6.45) is 4.31. The first-order valence-electron chi connectivity index (χ1n) is 6.30. The van der Waals surface area contributed by atoms with E-state index in [2.05, 4.69) is 17.5 Å². The number of hydrogen-bond donors (Lipinski definition) is 1. The van der Waals surface area contributed by atoms with Crippen molar-refractivity contribution in [2.24, 2.45) is 5.92 Å². The fourth-order valence-corrected chi connectivity index (χ4v) is 3.27. The maximum absolute atomic E-state index is 12.2. The zero-order valence-electron chi connectivity index (χ0n) is 9.80. The van der Waals surface area contributed by atoms with Crippen LogP contribution in [0.5, 0.6) is 0 Å². The van der Waals surface area contributed by atoms with Crippen LogP contribution >= 0.6 is 12.6 Å². The summed E-state index contributed by atoms with van der Waals surface area (Å²) in [6.45, 7) is 0.994. The highest BCUT2D eigenvalue weighted by atomic mass is 32.1. The number of fused-ring (bicyclic) bond motifs is 2. The lowest BCUT2D eigenvalue weighted by atomic mass is 10.1. The largest absolute Gasteiger partial charge is 0.339 e. The monoisotopic (exact) mass is 247 g/mol. The molecule has 1 saturated carbocycles. The van der Waals surface area contributed by atoms with Gasteiger partial charge in [-0.2, -0.15) is 0 Å². The molecule has 1 aromatic rings. The number of carbonyl (C=O) groups is 1. The Morgan fingerprint density at radius 1 is 1.29 bits per heavy atom. The average molecular weight is 247 g/mol. The topological polar surface area (TPSA) is 20.3 Å². The number of thiol groups is 1. The highest BCUT2D eigenvalue weighted by Gasteiger charge is 2.39. The first-order chi connectivity index (χ1) is 8.22. The van der Waals surface area contributed by atoms with Gasteiger partial charge in [0.1, 0.15) is 0 Å². The van der Waals surface area contributed by atoms with Crippen LogP contribution in [0.25, 0.3) is 0 Å². The molecule has 1 aromatic carbocycles. The van der Waals surface area contributed by atoms with Crippen molar-refractivity contribution in [3.05, 3.63) is 29.8 Å². The van der Waals surface area contributed by atoms with Gasteiger partial charge in [-0.05, 0) is 42.9 Å². The lowest BCUT2D eigenvalue weighted by molar-refractivity contribution is -0.132. The van der Waals surface area contributed by atoms with Gasteiger partial charge in [-0.25, -0.2) is 0 Å². The lowest BCUT2D eigenvalue weighted by Crippen LogP contribution is -2.38. The van der Waals surface area contributed by atoms with Crippen molar-refractivity contribution in [1.29, 1.82) is 0 Å². The third-order valence-corrected chi connectivity index (χ3v) is 4.32. The molecule has 0 spiro atoms. The van der Waals surface area contributed by atoms with Crippen LogP contribution < -0.4 is 0 Å². The lowest BCUT2D eigenvalue weighted by Gasteiger charge is -2.27. The molecule has 2 nitrogen and oxygen atoms in total. The minimum absolute atomic E-state index is 0.295. The molecule has 1 aliphatic carbocycles. The number of carbonyl (C=O) groups excluding carboxylic acids is 1. The van der Waals surface area contributed by atoms with Crippen molar-refractivity contribution in [3.63, 3.8) is 0 Å². The second-order valence-corrected chi connectivity index (χ2v) is 5.74. The minimum Gasteiger partial charge on any atom is -0.339 e. The van der Waals surface area contributed by atoms with E-state index in [0.717, 1.165) is 22.9 Å². The molecular weight excluding hydrogens is 230 g/mol. The van der Waals surface area contributed by atoms with Gasteiger partial charge in [0, 0.05) is 17.5 Å². The fraction of sp³-hybridized carbons (Fsp3) is 0.500. The van der Waals surface area contributed by atoms with E-state index in [1.165, 1.54) is 19.3 Å². The van der Waals surface area contributed by atoms with Crippen molar-refractivity contribution < 1.29 is 4.79 Å². The van der Waals surface area contributed by atoms with Crippen LogP contribution in [0.2, 0.25) is 0 Å². The van der Waals surface area contributed by atoms with Gasteiger partial charge in [-0.15, -0.1) is 12.6 Å². The third kappa shape index (κ3) is 2.21. The van der Waals surface area contributed by atoms with Crippen molar-refractivity contribution in [3.8, 4) is 0 Å². The SMILES string of the molecule is O=C(Cc1ccc(S)cc1)N1CC2CCC1C2. The van der Waals surface area contributed by atoms with Crippen LogP contribution in [-0.4, -0.2) is 23.4 Å². The number of nitrogens with zero attached hydrogens (tertiary/aromatic N) is 1. The summed E-state index contributed by atoms with van der Waals surface area (Å²) in [5.41, 5.74) is 1.09. The first kappa shape index (κ1) is 11.1. The van der Waals surface area contributed by atoms with E-state index in [9.17, 15) is 4.79 Å². The molecule has 90 valence electrons. The molecule has 3 heteroatoms. The summed E-state index contributed by atoms with van der Waals surface area (Å²) >= 11 is 4.25. The van der Waals surface area contributed by atoms with Crippen molar-refractivity contribution >= 4 is 18.5 Å². The Morgan fingerprint density at radius 2 is 2.06 bits per heavy atom. The standard InChI is InChI=1S/C14H17NOS/c16-14(8-10-2-5-13(17)6-3-10)15-9-11-1-4-12(15)7-11/h2-3,5-6,11-12,17H,1,4,7-9H2. The van der Waals surface area contributed by atoms with E-state index in [0.29, 0.717) is 18.4 Å². The Bertz CT molecular complexity index is 428. The summed E-state index contributed by atoms with van der Waals surface area (Å²) in [6, 6.07) is 8.42. The van der Waals surface area contributed by atoms with Gasteiger partial charge in [-0.3, -0.25) is 4.79 Å². The second kappa shape index (κ2) is 4.37. The smallest absolute Gasteiger partial charge is 0.227 e. The number of rotatable bonds is 2. The molecule has 0 N–H and O–H groups in total. The zero-order chi connectivity index (χ0) is 11.8. The second-order valence-electron chi connectivity index (χ2n) is 5.22. The van der Waals surface area contributed by atoms with Gasteiger partial charge in [0.25, 0.3) is 0 Å². The Labute approximate surface area is 107 Å². The third-order valence-electron chi connectivity index (χ3n) is 4.02. The van der Waals surface area contributed by atoms with Crippen LogP contribution in [0.15, 0.2) is 29.2 Å². The van der Waals surface area contributed by atoms with Gasteiger partial charge in [0.05, 0.1) is 6.42 Å². The van der Waals surface area contributed by atoms with Crippen molar-refractivity contribution in [2.75, 3.05) is 6.54 Å². The predicted octanol–water partition coefficient (Wildman–Crippen LogP) is 2.53. The summed E-state index contributed by atoms with van der Waals surface area (Å²) in [5.74, 6) is 1.08. The van der Waals surface area contributed by atoms with Gasteiger partial charge in [0.2, 0.25) is 5.91 Å². The number of amides is 1. The van der Waals surface area contributed by atoms with Crippen molar-refractivity contribution in [1.82, 2.24) is 4.90 Å². The fourth-order valence-electron chi connectivity index (χ4n) is 3.12. The highest BCUT2D eigenvalue weighted by Crippen LogP contribution is 2.37. The number of benzene rings is 1. The molecule has 3 rings (SSSR count). The summed E-state index contributed by atoms with van der Waals surface area (Å²) < 4.78 is 0. The van der Waals surface area contributed by atoms with Crippen molar-refractivity contribution in [2.45, 2.75) is 36.6 Å². The summed E-state index contributed by atoms with van der Waals surface area (Å²) in [7, 11) is 0. The highest BCUT2D eigenvalue weighted by molar-refractivity contribution is 7.80. The van der Waals surface area contributed by atoms with Crippen LogP contribution in [-0.2, 0) is 11.2 Å². The predicted molar refractivity (Wildman–Crippen MR) is 70.2 cm³/mol. The van der Waals surface area contributed by atoms with Gasteiger partial charge in [-0.1, -0.05) is 12.1 Å². The maximum atomic E-state index is 12.2. The maximum Gasteiger partial charge on any atom is 0.227 e. The van der Waals surface area contributed by atoms with E-state index in [1.54, 1.807) is 0 Å². The number of likely N-dealkylation sites (tertiary alicyclic amines) is 1. The Morgan fingerprint density at radius 3 is 2.65 bits per heavy atom. The molecular formula is C14H17NOS. The molecule has 2 unspecified atom stereocenters. The molecule has 2 aliphatic rings. The average Bonchev–Trinajstić information content (AvgIpc) is 2.94. The van der Waals surface area contributed by atoms with Crippen LogP contribution in [0.3, 0.4) is 0 Å². The van der Waals surface area contributed by atoms with E-state index < -0.39 is 0 Å². The van der Waals surface area contributed by atoms with Gasteiger partial charge >= 0.3 is 0 Å². The molecule has 1 amide bonds. The van der Waals surface area contributed by atoms with Gasteiger partial charge in [0.15, 0.2) is 0 Å². The molecule has 0 radical (unpaired) electrons. The zero-order valence-corrected chi connectivity index (χ0v) is 10.7. The first-order valence-corrected chi connectivity index (χ1v) is 6.74. The Kier molecular flexibility index (Phi) is 2.87. The van der Waals surface area contributed by atoms with E-state index >= 15 is 0 Å². The molecule has 1 saturated heterocycles. The Hall–Kier alpha value is -0.960. The van der Waals surface area contributed by atoms with Crippen LogP contribution in [0.4, 0.5) is 0 Å². The summed E-state index contributed by atoms with van der Waals surface area (Å²) in [5, 5.41) is 0. The van der Waals surface area contributed by atoms with Crippen LogP contribution in [0.1, 0.15) is 24.8 Å². The molecule has 2 bridgehead atoms. The number of piperidine rings is 1. The number of hydrogen-bond acceptors (Lipinski definition) is 2. The van der Waals surface area contributed by atoms with E-state index in [1.807, 2.05) is 24.3 Å². The summed E-state index contributed by atoms with van der Waals surface area (Å²) in [4.78, 5) is 15.2. The quantitative estimate of drug-likeness (QED) is 0.796. The molecule has 2 fully saturated rings. The van der Waals surface area contributed by atoms with Crippen LogP contribution in [0, 0.1) is 5.92 Å².